The molecule has 2 aromatic heterocycles. The van der Waals surface area contributed by atoms with Crippen LogP contribution in [0.4, 0.5) is 0 Å². The lowest BCUT2D eigenvalue weighted by molar-refractivity contribution is 0.0919. The first-order valence-corrected chi connectivity index (χ1v) is 7.86. The summed E-state index contributed by atoms with van der Waals surface area (Å²) >= 11 is 0. The lowest BCUT2D eigenvalue weighted by atomic mass is 10.0. The van der Waals surface area contributed by atoms with Crippen LogP contribution >= 0.6 is 0 Å². The molecule has 0 aliphatic carbocycles. The third-order valence-corrected chi connectivity index (χ3v) is 3.68. The van der Waals surface area contributed by atoms with Gasteiger partial charge in [-0.05, 0) is 57.5 Å². The Kier molecular flexibility index (Phi) is 4.01. The van der Waals surface area contributed by atoms with Crippen molar-refractivity contribution in [2.24, 2.45) is 0 Å². The van der Waals surface area contributed by atoms with Crippen LogP contribution in [0.1, 0.15) is 36.7 Å². The third-order valence-electron chi connectivity index (χ3n) is 3.68. The van der Waals surface area contributed by atoms with Gasteiger partial charge in [0.2, 0.25) is 0 Å². The predicted octanol–water partition coefficient (Wildman–Crippen LogP) is 3.97. The standard InChI is InChI=1S/C19H21N3O2/c1-13-14(18(23)21-19(2,3)4)7-5-8-15(13)22-11-10-20-17(22)16-9-6-12-24-16/h5-12H,1-4H3,(H,21,23). The second kappa shape index (κ2) is 6.00. The number of imidazole rings is 1. The molecule has 2 heterocycles. The van der Waals surface area contributed by atoms with Gasteiger partial charge in [-0.2, -0.15) is 0 Å². The van der Waals surface area contributed by atoms with Crippen molar-refractivity contribution >= 4 is 5.91 Å². The number of rotatable bonds is 3. The fraction of sp³-hybridized carbons (Fsp3) is 0.263. The maximum atomic E-state index is 12.6. The second-order valence-corrected chi connectivity index (χ2v) is 6.75. The topological polar surface area (TPSA) is 60.1 Å². The highest BCUT2D eigenvalue weighted by Crippen LogP contribution is 2.25. The van der Waals surface area contributed by atoms with E-state index in [-0.39, 0.29) is 11.4 Å². The van der Waals surface area contributed by atoms with Gasteiger partial charge in [0.15, 0.2) is 11.6 Å². The van der Waals surface area contributed by atoms with Crippen LogP contribution in [0, 0.1) is 6.92 Å². The molecule has 5 heteroatoms. The number of amides is 1. The van der Waals surface area contributed by atoms with Gasteiger partial charge in [-0.25, -0.2) is 4.98 Å². The van der Waals surface area contributed by atoms with Crippen molar-refractivity contribution in [3.63, 3.8) is 0 Å². The van der Waals surface area contributed by atoms with Crippen molar-refractivity contribution in [3.8, 4) is 17.3 Å². The van der Waals surface area contributed by atoms with Crippen molar-refractivity contribution in [1.29, 1.82) is 0 Å². The minimum absolute atomic E-state index is 0.0819. The minimum Gasteiger partial charge on any atom is -0.461 e. The Labute approximate surface area is 141 Å². The molecule has 0 saturated heterocycles. The number of furan rings is 1. The molecule has 1 aromatic carbocycles. The average Bonchev–Trinajstić information content (AvgIpc) is 3.16. The van der Waals surface area contributed by atoms with Crippen molar-refractivity contribution in [1.82, 2.24) is 14.9 Å². The summed E-state index contributed by atoms with van der Waals surface area (Å²) in [6.45, 7) is 7.84. The summed E-state index contributed by atoms with van der Waals surface area (Å²) in [6, 6.07) is 9.38. The van der Waals surface area contributed by atoms with Gasteiger partial charge in [0.1, 0.15) is 0 Å². The molecule has 0 saturated carbocycles. The summed E-state index contributed by atoms with van der Waals surface area (Å²) in [4.78, 5) is 16.9. The monoisotopic (exact) mass is 323 g/mol. The number of carbonyl (C=O) groups excluding carboxylic acids is 1. The lowest BCUT2D eigenvalue weighted by Gasteiger charge is -2.22. The summed E-state index contributed by atoms with van der Waals surface area (Å²) in [7, 11) is 0. The predicted molar refractivity (Wildman–Crippen MR) is 93.2 cm³/mol. The fourth-order valence-corrected chi connectivity index (χ4v) is 2.62. The number of nitrogens with zero attached hydrogens (tertiary/aromatic N) is 2. The molecule has 3 aromatic rings. The average molecular weight is 323 g/mol. The SMILES string of the molecule is Cc1c(C(=O)NC(C)(C)C)cccc1-n1ccnc1-c1ccco1. The molecule has 5 nitrogen and oxygen atoms in total. The van der Waals surface area contributed by atoms with Crippen LogP contribution in [0.3, 0.4) is 0 Å². The maximum Gasteiger partial charge on any atom is 0.252 e. The van der Waals surface area contributed by atoms with Gasteiger partial charge in [-0.1, -0.05) is 6.07 Å². The van der Waals surface area contributed by atoms with Crippen molar-refractivity contribution < 1.29 is 9.21 Å². The second-order valence-electron chi connectivity index (χ2n) is 6.75. The lowest BCUT2D eigenvalue weighted by Crippen LogP contribution is -2.40. The zero-order chi connectivity index (χ0) is 17.3. The van der Waals surface area contributed by atoms with Crippen LogP contribution in [0.2, 0.25) is 0 Å². The third kappa shape index (κ3) is 3.11. The van der Waals surface area contributed by atoms with Crippen LogP contribution in [0.5, 0.6) is 0 Å². The molecule has 0 spiro atoms. The first-order valence-electron chi connectivity index (χ1n) is 7.86. The van der Waals surface area contributed by atoms with E-state index in [9.17, 15) is 4.79 Å². The summed E-state index contributed by atoms with van der Waals surface area (Å²) in [6.07, 6.45) is 5.21. The molecule has 0 unspecified atom stereocenters. The summed E-state index contributed by atoms with van der Waals surface area (Å²) in [5, 5.41) is 3.01. The summed E-state index contributed by atoms with van der Waals surface area (Å²) in [5.74, 6) is 1.31. The highest BCUT2D eigenvalue weighted by molar-refractivity contribution is 5.97. The Bertz CT molecular complexity index is 855. The highest BCUT2D eigenvalue weighted by atomic mass is 16.3. The van der Waals surface area contributed by atoms with E-state index in [0.717, 1.165) is 11.3 Å². The van der Waals surface area contributed by atoms with E-state index < -0.39 is 0 Å². The van der Waals surface area contributed by atoms with E-state index in [4.69, 9.17) is 4.42 Å². The van der Waals surface area contributed by atoms with Crippen LogP contribution in [-0.4, -0.2) is 21.0 Å². The van der Waals surface area contributed by atoms with Crippen LogP contribution < -0.4 is 5.32 Å². The normalized spacial score (nSPS) is 11.5. The maximum absolute atomic E-state index is 12.6. The first-order chi connectivity index (χ1) is 11.4. The Morgan fingerprint density at radius 2 is 2.00 bits per heavy atom. The summed E-state index contributed by atoms with van der Waals surface area (Å²) in [5.41, 5.74) is 2.17. The van der Waals surface area contributed by atoms with E-state index in [2.05, 4.69) is 10.3 Å². The molecule has 24 heavy (non-hydrogen) atoms. The number of carbonyl (C=O) groups is 1. The van der Waals surface area contributed by atoms with E-state index >= 15 is 0 Å². The van der Waals surface area contributed by atoms with Gasteiger partial charge in [-0.15, -0.1) is 0 Å². The molecule has 124 valence electrons. The van der Waals surface area contributed by atoms with Gasteiger partial charge in [0, 0.05) is 23.5 Å². The van der Waals surface area contributed by atoms with Crippen molar-refractivity contribution in [3.05, 3.63) is 60.1 Å². The zero-order valence-electron chi connectivity index (χ0n) is 14.3. The number of hydrogen-bond acceptors (Lipinski definition) is 3. The molecule has 0 bridgehead atoms. The Morgan fingerprint density at radius 3 is 2.67 bits per heavy atom. The largest absolute Gasteiger partial charge is 0.461 e. The summed E-state index contributed by atoms with van der Waals surface area (Å²) < 4.78 is 7.39. The Hall–Kier alpha value is -2.82. The van der Waals surface area contributed by atoms with E-state index in [1.165, 1.54) is 0 Å². The van der Waals surface area contributed by atoms with Crippen LogP contribution in [0.15, 0.2) is 53.4 Å². The quantitative estimate of drug-likeness (QED) is 0.793. The highest BCUT2D eigenvalue weighted by Gasteiger charge is 2.19. The molecule has 0 fully saturated rings. The molecule has 0 radical (unpaired) electrons. The Balaban J connectivity index is 2.04. The molecular formula is C19H21N3O2. The number of nitrogens with one attached hydrogen (secondary N) is 1. The van der Waals surface area contributed by atoms with Gasteiger partial charge < -0.3 is 9.73 Å². The molecule has 3 rings (SSSR count). The van der Waals surface area contributed by atoms with Crippen LogP contribution in [-0.2, 0) is 0 Å². The first kappa shape index (κ1) is 16.1. The molecule has 0 aliphatic rings. The molecule has 0 atom stereocenters. The van der Waals surface area contributed by atoms with Gasteiger partial charge in [-0.3, -0.25) is 9.36 Å². The number of hydrogen-bond donors (Lipinski definition) is 1. The zero-order valence-corrected chi connectivity index (χ0v) is 14.3. The number of aromatic nitrogens is 2. The van der Waals surface area contributed by atoms with Crippen molar-refractivity contribution in [2.45, 2.75) is 33.2 Å². The Morgan fingerprint density at radius 1 is 1.21 bits per heavy atom. The van der Waals surface area contributed by atoms with Gasteiger partial charge >= 0.3 is 0 Å². The molecular weight excluding hydrogens is 302 g/mol. The van der Waals surface area contributed by atoms with Crippen molar-refractivity contribution in [2.75, 3.05) is 0 Å². The van der Waals surface area contributed by atoms with E-state index in [0.29, 0.717) is 17.1 Å². The molecule has 1 amide bonds. The fourth-order valence-electron chi connectivity index (χ4n) is 2.62. The van der Waals surface area contributed by atoms with E-state index in [1.807, 2.05) is 68.8 Å². The van der Waals surface area contributed by atoms with Crippen LogP contribution in [0.25, 0.3) is 17.3 Å². The number of benzene rings is 1. The van der Waals surface area contributed by atoms with Gasteiger partial charge in [0.25, 0.3) is 5.91 Å². The smallest absolute Gasteiger partial charge is 0.252 e. The molecule has 1 N–H and O–H groups in total. The molecule has 0 aliphatic heterocycles. The van der Waals surface area contributed by atoms with Gasteiger partial charge in [0.05, 0.1) is 12.0 Å². The minimum atomic E-state index is -0.284. The van der Waals surface area contributed by atoms with E-state index in [1.54, 1.807) is 12.5 Å².